The van der Waals surface area contributed by atoms with Gasteiger partial charge in [-0.15, -0.1) is 10.2 Å². The summed E-state index contributed by atoms with van der Waals surface area (Å²) in [5.74, 6) is 0.593. The van der Waals surface area contributed by atoms with Crippen LogP contribution in [0.25, 0.3) is 0 Å². The first-order valence-electron chi connectivity index (χ1n) is 6.58. The standard InChI is InChI=1S/C13H20N6O/c1-6-8-7-14-16-11(8)17-15-9-10(13(2,3)4)18-19(5)12(9)20/h7,18H,6H2,1-5H3,(H,14,16). The van der Waals surface area contributed by atoms with Crippen LogP contribution in [0.1, 0.15) is 39.0 Å². The minimum atomic E-state index is -0.212. The molecule has 7 nitrogen and oxygen atoms in total. The van der Waals surface area contributed by atoms with Crippen molar-refractivity contribution >= 4 is 11.5 Å². The van der Waals surface area contributed by atoms with Gasteiger partial charge in [-0.05, 0) is 6.42 Å². The Morgan fingerprint density at radius 1 is 1.35 bits per heavy atom. The first kappa shape index (κ1) is 14.2. The van der Waals surface area contributed by atoms with Gasteiger partial charge in [0, 0.05) is 18.0 Å². The Morgan fingerprint density at radius 3 is 2.65 bits per heavy atom. The number of H-pyrrole nitrogens is 2. The molecule has 20 heavy (non-hydrogen) atoms. The van der Waals surface area contributed by atoms with Gasteiger partial charge < -0.3 is 0 Å². The predicted molar refractivity (Wildman–Crippen MR) is 76.9 cm³/mol. The highest BCUT2D eigenvalue weighted by atomic mass is 16.1. The molecule has 0 saturated heterocycles. The molecule has 0 unspecified atom stereocenters. The average Bonchev–Trinajstić information content (AvgIpc) is 2.93. The van der Waals surface area contributed by atoms with Crippen molar-refractivity contribution in [3.05, 3.63) is 27.8 Å². The number of rotatable bonds is 3. The molecule has 0 aliphatic carbocycles. The first-order valence-corrected chi connectivity index (χ1v) is 6.58. The second kappa shape index (κ2) is 5.07. The van der Waals surface area contributed by atoms with Gasteiger partial charge in [-0.2, -0.15) is 5.10 Å². The summed E-state index contributed by atoms with van der Waals surface area (Å²) in [6.45, 7) is 8.07. The molecule has 0 spiro atoms. The Bertz CT molecular complexity index is 683. The van der Waals surface area contributed by atoms with Crippen LogP contribution < -0.4 is 5.56 Å². The molecule has 2 heterocycles. The van der Waals surface area contributed by atoms with Gasteiger partial charge in [0.1, 0.15) is 0 Å². The molecule has 0 radical (unpaired) electrons. The van der Waals surface area contributed by atoms with Gasteiger partial charge in [-0.25, -0.2) is 0 Å². The summed E-state index contributed by atoms with van der Waals surface area (Å²) in [7, 11) is 1.67. The van der Waals surface area contributed by atoms with E-state index < -0.39 is 0 Å². The molecule has 0 saturated carbocycles. The lowest BCUT2D eigenvalue weighted by Gasteiger charge is -2.16. The van der Waals surface area contributed by atoms with Crippen LogP contribution in [-0.4, -0.2) is 20.0 Å². The Labute approximate surface area is 117 Å². The molecule has 2 rings (SSSR count). The van der Waals surface area contributed by atoms with Crippen molar-refractivity contribution in [2.45, 2.75) is 39.5 Å². The average molecular weight is 276 g/mol. The smallest absolute Gasteiger partial charge is 0.294 e. The number of hydrogen-bond donors (Lipinski definition) is 2. The SMILES string of the molecule is CCc1cn[nH]c1N=Nc1c(C(C)(C)C)[nH]n(C)c1=O. The van der Waals surface area contributed by atoms with E-state index in [0.717, 1.165) is 17.7 Å². The van der Waals surface area contributed by atoms with Crippen LogP contribution in [0, 0.1) is 0 Å². The summed E-state index contributed by atoms with van der Waals surface area (Å²) in [5.41, 5.74) is 1.69. The van der Waals surface area contributed by atoms with Crippen molar-refractivity contribution in [2.24, 2.45) is 17.3 Å². The number of aromatic nitrogens is 4. The van der Waals surface area contributed by atoms with Crippen LogP contribution in [0.15, 0.2) is 21.2 Å². The largest absolute Gasteiger partial charge is 0.297 e. The summed E-state index contributed by atoms with van der Waals surface area (Å²) in [5, 5.41) is 18.0. The highest BCUT2D eigenvalue weighted by Gasteiger charge is 2.24. The number of aromatic amines is 2. The van der Waals surface area contributed by atoms with Crippen molar-refractivity contribution in [3.63, 3.8) is 0 Å². The van der Waals surface area contributed by atoms with Gasteiger partial charge in [0.15, 0.2) is 11.5 Å². The fourth-order valence-electron chi connectivity index (χ4n) is 1.90. The maximum atomic E-state index is 12.1. The maximum absolute atomic E-state index is 12.1. The minimum absolute atomic E-state index is 0.184. The zero-order valence-corrected chi connectivity index (χ0v) is 12.5. The second-order valence-corrected chi connectivity index (χ2v) is 5.75. The summed E-state index contributed by atoms with van der Waals surface area (Å²) in [6.07, 6.45) is 2.52. The van der Waals surface area contributed by atoms with E-state index in [1.54, 1.807) is 13.2 Å². The van der Waals surface area contributed by atoms with E-state index in [2.05, 4.69) is 25.5 Å². The van der Waals surface area contributed by atoms with Gasteiger partial charge in [-0.1, -0.05) is 27.7 Å². The fraction of sp³-hybridized carbons (Fsp3) is 0.538. The van der Waals surface area contributed by atoms with Crippen molar-refractivity contribution in [3.8, 4) is 0 Å². The third kappa shape index (κ3) is 2.56. The molecule has 0 aliphatic heterocycles. The molecule has 0 amide bonds. The minimum Gasteiger partial charge on any atom is -0.297 e. The van der Waals surface area contributed by atoms with Gasteiger partial charge >= 0.3 is 0 Å². The Hall–Kier alpha value is -2.18. The third-order valence-corrected chi connectivity index (χ3v) is 3.10. The number of nitrogens with zero attached hydrogens (tertiary/aromatic N) is 4. The number of nitrogens with one attached hydrogen (secondary N) is 2. The Morgan fingerprint density at radius 2 is 2.05 bits per heavy atom. The first-order chi connectivity index (χ1) is 9.34. The summed E-state index contributed by atoms with van der Waals surface area (Å²) in [6, 6.07) is 0. The highest BCUT2D eigenvalue weighted by molar-refractivity contribution is 5.44. The summed E-state index contributed by atoms with van der Waals surface area (Å²) < 4.78 is 1.42. The normalized spacial score (nSPS) is 12.4. The van der Waals surface area contributed by atoms with Gasteiger partial charge in [0.25, 0.3) is 5.56 Å². The Balaban J connectivity index is 2.46. The van der Waals surface area contributed by atoms with E-state index in [4.69, 9.17) is 0 Å². The van der Waals surface area contributed by atoms with Crippen molar-refractivity contribution in [2.75, 3.05) is 0 Å². The molecule has 0 fully saturated rings. The number of aryl methyl sites for hydroxylation is 2. The second-order valence-electron chi connectivity index (χ2n) is 5.75. The fourth-order valence-corrected chi connectivity index (χ4v) is 1.90. The van der Waals surface area contributed by atoms with Crippen LogP contribution in [0.4, 0.5) is 11.5 Å². The summed E-state index contributed by atoms with van der Waals surface area (Å²) >= 11 is 0. The lowest BCUT2D eigenvalue weighted by molar-refractivity contribution is 0.552. The van der Waals surface area contributed by atoms with Crippen molar-refractivity contribution < 1.29 is 0 Å². The molecule has 2 aromatic rings. The lowest BCUT2D eigenvalue weighted by atomic mass is 9.91. The molecule has 2 aromatic heterocycles. The van der Waals surface area contributed by atoms with Crippen LogP contribution in [0.2, 0.25) is 0 Å². The number of hydrogen-bond acceptors (Lipinski definition) is 4. The van der Waals surface area contributed by atoms with Crippen LogP contribution in [0.3, 0.4) is 0 Å². The van der Waals surface area contributed by atoms with Gasteiger partial charge in [0.05, 0.1) is 11.9 Å². The van der Waals surface area contributed by atoms with E-state index in [9.17, 15) is 4.79 Å². The van der Waals surface area contributed by atoms with Crippen molar-refractivity contribution in [1.82, 2.24) is 20.0 Å². The number of azo groups is 1. The monoisotopic (exact) mass is 276 g/mol. The zero-order chi connectivity index (χ0) is 14.9. The van der Waals surface area contributed by atoms with E-state index in [1.807, 2.05) is 27.7 Å². The Kier molecular flexibility index (Phi) is 3.61. The predicted octanol–water partition coefficient (Wildman–Crippen LogP) is 2.71. The van der Waals surface area contributed by atoms with Gasteiger partial charge in [0.2, 0.25) is 0 Å². The molecule has 0 bridgehead atoms. The van der Waals surface area contributed by atoms with Crippen molar-refractivity contribution in [1.29, 1.82) is 0 Å². The van der Waals surface area contributed by atoms with Crippen LogP contribution in [0.5, 0.6) is 0 Å². The molecular formula is C13H20N6O. The molecule has 108 valence electrons. The molecular weight excluding hydrogens is 256 g/mol. The maximum Gasteiger partial charge on any atom is 0.294 e. The summed E-state index contributed by atoms with van der Waals surface area (Å²) in [4.78, 5) is 12.1. The molecule has 0 aromatic carbocycles. The zero-order valence-electron chi connectivity index (χ0n) is 12.5. The van der Waals surface area contributed by atoms with E-state index >= 15 is 0 Å². The van der Waals surface area contributed by atoms with Crippen LogP contribution >= 0.6 is 0 Å². The quantitative estimate of drug-likeness (QED) is 0.844. The molecule has 0 aliphatic rings. The van der Waals surface area contributed by atoms with E-state index in [0.29, 0.717) is 11.5 Å². The topological polar surface area (TPSA) is 91.2 Å². The third-order valence-electron chi connectivity index (χ3n) is 3.10. The molecule has 2 N–H and O–H groups in total. The molecule has 7 heteroatoms. The van der Waals surface area contributed by atoms with Gasteiger partial charge in [-0.3, -0.25) is 19.7 Å². The highest BCUT2D eigenvalue weighted by Crippen LogP contribution is 2.28. The van der Waals surface area contributed by atoms with E-state index in [1.165, 1.54) is 4.68 Å². The van der Waals surface area contributed by atoms with E-state index in [-0.39, 0.29) is 11.0 Å². The van der Waals surface area contributed by atoms with Crippen LogP contribution in [-0.2, 0) is 18.9 Å². The lowest BCUT2D eigenvalue weighted by Crippen LogP contribution is -2.12. The molecule has 0 atom stereocenters.